The molecule has 0 spiro atoms. The number of rotatable bonds is 8. The van der Waals surface area contributed by atoms with E-state index in [0.29, 0.717) is 42.0 Å². The lowest BCUT2D eigenvalue weighted by molar-refractivity contribution is -0.141. The van der Waals surface area contributed by atoms with Crippen molar-refractivity contribution in [1.82, 2.24) is 35.3 Å². The lowest BCUT2D eigenvalue weighted by Gasteiger charge is -2.29. The van der Waals surface area contributed by atoms with Gasteiger partial charge in [-0.2, -0.15) is 5.10 Å². The van der Waals surface area contributed by atoms with E-state index in [9.17, 15) is 19.2 Å². The Kier molecular flexibility index (Phi) is 10.7. The minimum Gasteiger partial charge on any atom is -0.496 e. The van der Waals surface area contributed by atoms with E-state index < -0.39 is 47.4 Å². The molecule has 5 heterocycles. The highest BCUT2D eigenvalue weighted by atomic mass is 32.1. The summed E-state index contributed by atoms with van der Waals surface area (Å²) in [5, 5.41) is 13.6. The number of amides is 4. The summed E-state index contributed by atoms with van der Waals surface area (Å²) >= 11 is 1.50. The zero-order chi connectivity index (χ0) is 39.0. The Bertz CT molecular complexity index is 2160. The Morgan fingerprint density at radius 1 is 1.13 bits per heavy atom. The minimum absolute atomic E-state index is 0.0583. The van der Waals surface area contributed by atoms with E-state index in [0.717, 1.165) is 40.9 Å². The van der Waals surface area contributed by atoms with Crippen LogP contribution >= 0.6 is 11.3 Å². The quantitative estimate of drug-likeness (QED) is 0.216. The number of methoxy groups -OCH3 is 1. The van der Waals surface area contributed by atoms with E-state index >= 15 is 0 Å². The lowest BCUT2D eigenvalue weighted by Crippen LogP contribution is -2.57. The van der Waals surface area contributed by atoms with Gasteiger partial charge in [-0.1, -0.05) is 38.8 Å². The van der Waals surface area contributed by atoms with E-state index in [4.69, 9.17) is 25.2 Å². The maximum atomic E-state index is 14.6. The molecule has 1 aliphatic carbocycles. The van der Waals surface area contributed by atoms with Crippen LogP contribution in [0.15, 0.2) is 48.0 Å². The Balaban J connectivity index is 1.24. The van der Waals surface area contributed by atoms with Crippen molar-refractivity contribution < 1.29 is 28.7 Å². The van der Waals surface area contributed by atoms with E-state index in [-0.39, 0.29) is 30.5 Å². The van der Waals surface area contributed by atoms with Gasteiger partial charge in [-0.05, 0) is 56.7 Å². The van der Waals surface area contributed by atoms with Crippen molar-refractivity contribution in [3.63, 3.8) is 0 Å². The number of aromatic nitrogens is 4. The number of carbonyl (C=O) groups excluding carboxylic acids is 4. The molecule has 7 rings (SSSR count). The maximum absolute atomic E-state index is 14.6. The lowest BCUT2D eigenvalue weighted by atomic mass is 10.0. The highest BCUT2D eigenvalue weighted by Gasteiger charge is 2.60. The fourth-order valence-corrected chi connectivity index (χ4v) is 8.56. The van der Waals surface area contributed by atoms with E-state index in [1.165, 1.54) is 20.9 Å². The molecule has 4 amide bonds. The number of fused-ring (bicyclic) bond motifs is 3. The van der Waals surface area contributed by atoms with Crippen molar-refractivity contribution in [3.05, 3.63) is 64.9 Å². The first-order valence-electron chi connectivity index (χ1n) is 18.9. The number of carbonyl (C=O) groups is 4. The number of allylic oxidation sites excluding steroid dienone is 1. The van der Waals surface area contributed by atoms with Crippen LogP contribution in [0.25, 0.3) is 21.6 Å². The molecule has 5 atom stereocenters. The summed E-state index contributed by atoms with van der Waals surface area (Å²) in [6, 6.07) is 5.27. The molecule has 15 heteroatoms. The zero-order valence-corrected chi connectivity index (χ0v) is 32.7. The largest absolute Gasteiger partial charge is 0.496 e. The predicted molar refractivity (Wildman–Crippen MR) is 208 cm³/mol. The van der Waals surface area contributed by atoms with Gasteiger partial charge in [-0.3, -0.25) is 23.9 Å². The molecule has 0 unspecified atom stereocenters. The molecule has 4 aromatic rings. The smallest absolute Gasteiger partial charge is 0.272 e. The summed E-state index contributed by atoms with van der Waals surface area (Å²) in [5.41, 5.74) is 7.95. The van der Waals surface area contributed by atoms with Gasteiger partial charge < -0.3 is 30.7 Å². The Labute approximate surface area is 323 Å². The van der Waals surface area contributed by atoms with E-state index in [1.807, 2.05) is 42.7 Å². The van der Waals surface area contributed by atoms with Gasteiger partial charge in [0.2, 0.25) is 17.7 Å². The number of nitrogens with one attached hydrogen (secondary N) is 2. The van der Waals surface area contributed by atoms with Crippen LogP contribution in [-0.2, 0) is 21.4 Å². The molecule has 2 aliphatic heterocycles. The van der Waals surface area contributed by atoms with Gasteiger partial charge in [0.1, 0.15) is 51.6 Å². The molecule has 0 radical (unpaired) electrons. The summed E-state index contributed by atoms with van der Waals surface area (Å²) in [6.45, 7) is 6.17. The van der Waals surface area contributed by atoms with Gasteiger partial charge in [-0.15, -0.1) is 11.3 Å². The molecule has 1 saturated carbocycles. The van der Waals surface area contributed by atoms with Crippen molar-refractivity contribution in [2.45, 2.75) is 95.4 Å². The number of ether oxygens (including phenoxy) is 2. The van der Waals surface area contributed by atoms with Crippen LogP contribution in [0, 0.1) is 12.8 Å². The monoisotopic (exact) mass is 768 g/mol. The van der Waals surface area contributed by atoms with Crippen molar-refractivity contribution in [2.75, 3.05) is 13.7 Å². The molecule has 2 fully saturated rings. The number of pyridine rings is 1. The second kappa shape index (κ2) is 15.4. The van der Waals surface area contributed by atoms with Crippen molar-refractivity contribution in [3.8, 4) is 22.2 Å². The third-order valence-corrected chi connectivity index (χ3v) is 11.8. The number of primary amides is 1. The topological polar surface area (TPSA) is 184 Å². The summed E-state index contributed by atoms with van der Waals surface area (Å²) in [7, 11) is 3.32. The number of benzene rings is 1. The molecule has 55 heavy (non-hydrogen) atoms. The predicted octanol–water partition coefficient (Wildman–Crippen LogP) is 4.56. The fourth-order valence-electron chi connectivity index (χ4n) is 7.62. The fraction of sp³-hybridized carbons (Fsp3) is 0.475. The summed E-state index contributed by atoms with van der Waals surface area (Å²) in [6.07, 6.45) is 9.06. The second-order valence-electron chi connectivity index (χ2n) is 15.1. The molecule has 14 nitrogen and oxygen atoms in total. The van der Waals surface area contributed by atoms with Crippen LogP contribution in [0.4, 0.5) is 0 Å². The molecule has 290 valence electrons. The molecule has 3 aromatic heterocycles. The Morgan fingerprint density at radius 3 is 2.65 bits per heavy atom. The minimum atomic E-state index is -1.23. The third kappa shape index (κ3) is 7.66. The van der Waals surface area contributed by atoms with Gasteiger partial charge in [0, 0.05) is 48.0 Å². The number of nitrogens with zero attached hydrogens (tertiary/aromatic N) is 5. The molecule has 4 N–H and O–H groups in total. The highest BCUT2D eigenvalue weighted by Crippen LogP contribution is 2.45. The first-order valence-corrected chi connectivity index (χ1v) is 19.8. The SMILES string of the molecule is COc1ccc2c(O[C@@H]3C[C@H]4C(=O)N[C@]5(C(N)=O)C[C@H]5/C=C\CCCCC[C@H](NC(=O)c5ccn(C)n5)C(=O)N4C3)cc(-c3nc(C(C)C)cs3)nc2c1C. The standard InChI is InChI=1S/C40H48N8O6S/c1-22(2)30-21-55-37(44-30)29-18-33(26-13-14-32(53-5)23(3)34(26)42-29)54-25-17-31-36(50)45-40(39(41)52)19-24(40)11-9-7-6-8-10-12-28(38(51)48(31)20-25)43-35(49)27-15-16-47(4)46-27/h9,11,13-16,18,21-22,24-25,28,31H,6-8,10,12,17,19-20H2,1-5H3,(H2,41,52)(H,43,49)(H,45,50)/b11-9-/t24-,25-,28+,31+,40-/m1/s1. The van der Waals surface area contributed by atoms with E-state index in [1.54, 1.807) is 26.4 Å². The molecule has 1 aromatic carbocycles. The average molecular weight is 769 g/mol. The number of aryl methyl sites for hydroxylation is 2. The number of thiazole rings is 1. The second-order valence-corrected chi connectivity index (χ2v) is 16.0. The number of nitrogens with two attached hydrogens (primary N) is 1. The summed E-state index contributed by atoms with van der Waals surface area (Å²) in [4.78, 5) is 66.4. The van der Waals surface area contributed by atoms with Crippen LogP contribution < -0.4 is 25.8 Å². The Hall–Kier alpha value is -5.31. The van der Waals surface area contributed by atoms with Crippen LogP contribution in [0.5, 0.6) is 11.5 Å². The third-order valence-electron chi connectivity index (χ3n) is 10.9. The summed E-state index contributed by atoms with van der Waals surface area (Å²) < 4.78 is 13.9. The van der Waals surface area contributed by atoms with Crippen molar-refractivity contribution >= 4 is 45.9 Å². The van der Waals surface area contributed by atoms with Gasteiger partial charge in [0.25, 0.3) is 5.91 Å². The van der Waals surface area contributed by atoms with Gasteiger partial charge in [0.05, 0.1) is 24.9 Å². The first kappa shape index (κ1) is 38.0. The van der Waals surface area contributed by atoms with Crippen molar-refractivity contribution in [2.24, 2.45) is 18.7 Å². The molecule has 0 bridgehead atoms. The summed E-state index contributed by atoms with van der Waals surface area (Å²) in [5.74, 6) is -0.796. The van der Waals surface area contributed by atoms with Gasteiger partial charge in [0.15, 0.2) is 0 Å². The molecular formula is C40H48N8O6S. The number of hydrogen-bond donors (Lipinski definition) is 3. The number of hydrogen-bond acceptors (Lipinski definition) is 10. The van der Waals surface area contributed by atoms with Gasteiger partial charge >= 0.3 is 0 Å². The van der Waals surface area contributed by atoms with Crippen LogP contribution in [0.1, 0.15) is 86.5 Å². The zero-order valence-electron chi connectivity index (χ0n) is 31.8. The van der Waals surface area contributed by atoms with Crippen LogP contribution in [0.2, 0.25) is 0 Å². The maximum Gasteiger partial charge on any atom is 0.272 e. The van der Waals surface area contributed by atoms with E-state index in [2.05, 4.69) is 29.6 Å². The highest BCUT2D eigenvalue weighted by molar-refractivity contribution is 7.13. The van der Waals surface area contributed by atoms with Crippen molar-refractivity contribution in [1.29, 1.82) is 0 Å². The normalized spacial score (nSPS) is 25.0. The average Bonchev–Trinajstić information content (AvgIpc) is 3.57. The van der Waals surface area contributed by atoms with Gasteiger partial charge in [-0.25, -0.2) is 9.97 Å². The first-order chi connectivity index (χ1) is 26.4. The Morgan fingerprint density at radius 2 is 1.95 bits per heavy atom. The van der Waals surface area contributed by atoms with Crippen LogP contribution in [0.3, 0.4) is 0 Å². The molecular weight excluding hydrogens is 721 g/mol. The molecule has 3 aliphatic rings. The molecule has 1 saturated heterocycles. The van der Waals surface area contributed by atoms with Crippen LogP contribution in [-0.4, -0.2) is 85.7 Å².